The van der Waals surface area contributed by atoms with Gasteiger partial charge in [0.15, 0.2) is 0 Å². The number of esters is 3. The summed E-state index contributed by atoms with van der Waals surface area (Å²) in [6.45, 7) is 9.11. The van der Waals surface area contributed by atoms with Crippen molar-refractivity contribution in [2.45, 2.75) is 19.8 Å². The van der Waals surface area contributed by atoms with E-state index in [-0.39, 0.29) is 25.4 Å². The standard InChI is InChI=1S/C33H34O9/c1-23(2)31(35)41-21-20-39-28-12-10-26(11-13-28)25-6-8-27(9-7-25)33(37)42-30-16-14-29(15-17-30)38-18-4-5-19-40-32(36)24(3)22-34/h6-17,34H,1,3-5,18-22H2,2H3. The average molecular weight is 575 g/mol. The molecule has 42 heavy (non-hydrogen) atoms. The van der Waals surface area contributed by atoms with Crippen LogP contribution in [0.3, 0.4) is 0 Å². The van der Waals surface area contributed by atoms with Crippen LogP contribution in [0.15, 0.2) is 97.1 Å². The number of rotatable bonds is 16. The molecule has 0 unspecified atom stereocenters. The van der Waals surface area contributed by atoms with Gasteiger partial charge in [0.1, 0.15) is 30.5 Å². The maximum Gasteiger partial charge on any atom is 0.343 e. The highest BCUT2D eigenvalue weighted by atomic mass is 16.6. The van der Waals surface area contributed by atoms with Crippen molar-refractivity contribution >= 4 is 17.9 Å². The molecule has 0 saturated carbocycles. The van der Waals surface area contributed by atoms with Crippen LogP contribution in [0.2, 0.25) is 0 Å². The lowest BCUT2D eigenvalue weighted by Gasteiger charge is -2.09. The first kappa shape index (κ1) is 31.6. The predicted octanol–water partition coefficient (Wildman–Crippen LogP) is 5.32. The van der Waals surface area contributed by atoms with Gasteiger partial charge in [-0.2, -0.15) is 0 Å². The van der Waals surface area contributed by atoms with Gasteiger partial charge >= 0.3 is 17.9 Å². The highest BCUT2D eigenvalue weighted by Crippen LogP contribution is 2.24. The van der Waals surface area contributed by atoms with Gasteiger partial charge in [0.25, 0.3) is 0 Å². The van der Waals surface area contributed by atoms with Gasteiger partial charge in [0.2, 0.25) is 0 Å². The van der Waals surface area contributed by atoms with Crippen LogP contribution in [-0.4, -0.2) is 56.0 Å². The molecule has 0 saturated heterocycles. The van der Waals surface area contributed by atoms with E-state index in [4.69, 9.17) is 28.8 Å². The Bertz CT molecular complexity index is 1360. The molecule has 0 aliphatic heterocycles. The molecule has 0 heterocycles. The summed E-state index contributed by atoms with van der Waals surface area (Å²) < 4.78 is 26.7. The SMILES string of the molecule is C=C(C)C(=O)OCCOc1ccc(-c2ccc(C(=O)Oc3ccc(OCCCCOC(=O)C(=C)CO)cc3)cc2)cc1. The number of aliphatic hydroxyl groups is 1. The Morgan fingerprint density at radius 1 is 0.643 bits per heavy atom. The fourth-order valence-corrected chi connectivity index (χ4v) is 3.45. The Morgan fingerprint density at radius 2 is 1.14 bits per heavy atom. The minimum Gasteiger partial charge on any atom is -0.494 e. The number of unbranched alkanes of at least 4 members (excludes halogenated alkanes) is 1. The van der Waals surface area contributed by atoms with Gasteiger partial charge in [-0.1, -0.05) is 37.4 Å². The summed E-state index contributed by atoms with van der Waals surface area (Å²) in [6.07, 6.45) is 1.27. The van der Waals surface area contributed by atoms with Crippen LogP contribution in [0.5, 0.6) is 17.2 Å². The first-order chi connectivity index (χ1) is 20.3. The lowest BCUT2D eigenvalue weighted by molar-refractivity contribution is -0.140. The van der Waals surface area contributed by atoms with E-state index >= 15 is 0 Å². The van der Waals surface area contributed by atoms with Gasteiger partial charge in [0.05, 0.1) is 31.0 Å². The third-order valence-corrected chi connectivity index (χ3v) is 5.80. The summed E-state index contributed by atoms with van der Waals surface area (Å²) >= 11 is 0. The lowest BCUT2D eigenvalue weighted by atomic mass is 10.0. The third-order valence-electron chi connectivity index (χ3n) is 5.80. The monoisotopic (exact) mass is 574 g/mol. The molecular weight excluding hydrogens is 540 g/mol. The van der Waals surface area contributed by atoms with E-state index < -0.39 is 24.5 Å². The molecule has 0 fully saturated rings. The van der Waals surface area contributed by atoms with Gasteiger partial charge < -0.3 is 28.8 Å². The molecule has 220 valence electrons. The molecule has 1 N–H and O–H groups in total. The molecule has 0 radical (unpaired) electrons. The molecule has 0 bridgehead atoms. The Kier molecular flexibility index (Phi) is 12.3. The number of aliphatic hydroxyl groups excluding tert-OH is 1. The second kappa shape index (κ2) is 16.4. The first-order valence-corrected chi connectivity index (χ1v) is 13.3. The summed E-state index contributed by atoms with van der Waals surface area (Å²) in [5.74, 6) is 0.120. The summed E-state index contributed by atoms with van der Waals surface area (Å²) in [5, 5.41) is 8.84. The minimum atomic E-state index is -0.602. The topological polar surface area (TPSA) is 118 Å². The second-order valence-electron chi connectivity index (χ2n) is 9.18. The first-order valence-electron chi connectivity index (χ1n) is 13.3. The summed E-state index contributed by atoms with van der Waals surface area (Å²) in [7, 11) is 0. The van der Waals surface area contributed by atoms with Gasteiger partial charge in [-0.15, -0.1) is 0 Å². The molecule has 0 aliphatic carbocycles. The van der Waals surface area contributed by atoms with E-state index in [2.05, 4.69) is 13.2 Å². The molecule has 0 aromatic heterocycles. The van der Waals surface area contributed by atoms with Gasteiger partial charge in [-0.3, -0.25) is 0 Å². The lowest BCUT2D eigenvalue weighted by Crippen LogP contribution is -2.12. The van der Waals surface area contributed by atoms with Crippen LogP contribution in [-0.2, 0) is 19.1 Å². The summed E-state index contributed by atoms with van der Waals surface area (Å²) in [6, 6.07) is 21.2. The number of carbonyl (C=O) groups is 3. The normalized spacial score (nSPS) is 10.3. The molecule has 3 aromatic rings. The maximum absolute atomic E-state index is 12.6. The maximum atomic E-state index is 12.6. The summed E-state index contributed by atoms with van der Waals surface area (Å²) in [5.41, 5.74) is 2.64. The highest BCUT2D eigenvalue weighted by molar-refractivity contribution is 5.91. The van der Waals surface area contributed by atoms with Gasteiger partial charge in [0, 0.05) is 5.57 Å². The molecule has 9 heteroatoms. The van der Waals surface area contributed by atoms with Crippen molar-refractivity contribution in [3.05, 3.63) is 103 Å². The zero-order valence-electron chi connectivity index (χ0n) is 23.5. The van der Waals surface area contributed by atoms with E-state index in [1.165, 1.54) is 0 Å². The van der Waals surface area contributed by atoms with Crippen molar-refractivity contribution < 1.29 is 43.2 Å². The van der Waals surface area contributed by atoms with Gasteiger partial charge in [-0.05, 0) is 79.4 Å². The Hall–Kier alpha value is -4.89. The van der Waals surface area contributed by atoms with Gasteiger partial charge in [-0.25, -0.2) is 14.4 Å². The van der Waals surface area contributed by atoms with Crippen molar-refractivity contribution in [1.29, 1.82) is 0 Å². The molecule has 3 aromatic carbocycles. The van der Waals surface area contributed by atoms with Crippen LogP contribution >= 0.6 is 0 Å². The van der Waals surface area contributed by atoms with Crippen molar-refractivity contribution in [2.75, 3.05) is 33.0 Å². The number of hydrogen-bond donors (Lipinski definition) is 1. The van der Waals surface area contributed by atoms with E-state index in [0.29, 0.717) is 47.8 Å². The summed E-state index contributed by atoms with van der Waals surface area (Å²) in [4.78, 5) is 35.4. The number of benzene rings is 3. The molecular formula is C33H34O9. The van der Waals surface area contributed by atoms with Crippen molar-refractivity contribution in [3.63, 3.8) is 0 Å². The fourth-order valence-electron chi connectivity index (χ4n) is 3.45. The Balaban J connectivity index is 1.40. The van der Waals surface area contributed by atoms with Crippen LogP contribution in [0, 0.1) is 0 Å². The number of carbonyl (C=O) groups excluding carboxylic acids is 3. The third kappa shape index (κ3) is 10.3. The van der Waals surface area contributed by atoms with E-state index in [1.54, 1.807) is 43.3 Å². The van der Waals surface area contributed by atoms with Crippen molar-refractivity contribution in [2.24, 2.45) is 0 Å². The fraction of sp³-hybridized carbons (Fsp3) is 0.242. The number of ether oxygens (including phenoxy) is 5. The second-order valence-corrected chi connectivity index (χ2v) is 9.18. The molecule has 0 aliphatic rings. The minimum absolute atomic E-state index is 0.0245. The molecule has 9 nitrogen and oxygen atoms in total. The smallest absolute Gasteiger partial charge is 0.343 e. The molecule has 0 atom stereocenters. The van der Waals surface area contributed by atoms with E-state index in [1.807, 2.05) is 36.4 Å². The largest absolute Gasteiger partial charge is 0.494 e. The molecule has 0 spiro atoms. The van der Waals surface area contributed by atoms with E-state index in [0.717, 1.165) is 11.1 Å². The Labute approximate surface area is 244 Å². The zero-order valence-corrected chi connectivity index (χ0v) is 23.5. The van der Waals surface area contributed by atoms with Crippen LogP contribution < -0.4 is 14.2 Å². The molecule has 0 amide bonds. The van der Waals surface area contributed by atoms with Crippen LogP contribution in [0.4, 0.5) is 0 Å². The highest BCUT2D eigenvalue weighted by Gasteiger charge is 2.10. The molecule has 3 rings (SSSR count). The quantitative estimate of drug-likeness (QED) is 0.105. The van der Waals surface area contributed by atoms with E-state index in [9.17, 15) is 14.4 Å². The Morgan fingerprint density at radius 3 is 1.74 bits per heavy atom. The van der Waals surface area contributed by atoms with Crippen LogP contribution in [0.25, 0.3) is 11.1 Å². The van der Waals surface area contributed by atoms with Crippen molar-refractivity contribution in [3.8, 4) is 28.4 Å². The average Bonchev–Trinajstić information content (AvgIpc) is 3.01. The predicted molar refractivity (Wildman–Crippen MR) is 156 cm³/mol. The van der Waals surface area contributed by atoms with Crippen molar-refractivity contribution in [1.82, 2.24) is 0 Å². The zero-order chi connectivity index (χ0) is 30.3. The van der Waals surface area contributed by atoms with Crippen LogP contribution in [0.1, 0.15) is 30.1 Å². The number of hydrogen-bond acceptors (Lipinski definition) is 9.